The molecule has 206 valence electrons. The van der Waals surface area contributed by atoms with Crippen molar-refractivity contribution in [1.29, 1.82) is 0 Å². The lowest BCUT2D eigenvalue weighted by atomic mass is 9.88. The van der Waals surface area contributed by atoms with Crippen LogP contribution < -0.4 is 9.47 Å². The number of fused-ring (bicyclic) bond motifs is 1. The Kier molecular flexibility index (Phi) is 7.57. The van der Waals surface area contributed by atoms with Crippen LogP contribution in [-0.4, -0.2) is 50.2 Å². The molecule has 40 heavy (non-hydrogen) atoms. The molecule has 0 amide bonds. The van der Waals surface area contributed by atoms with E-state index in [0.29, 0.717) is 42.2 Å². The summed E-state index contributed by atoms with van der Waals surface area (Å²) in [6.07, 6.45) is 9.36. The molecule has 1 fully saturated rings. The van der Waals surface area contributed by atoms with Crippen LogP contribution in [0, 0.1) is 0 Å². The van der Waals surface area contributed by atoms with Crippen molar-refractivity contribution in [3.8, 4) is 11.5 Å². The molecule has 0 aliphatic carbocycles. The smallest absolute Gasteiger partial charge is 0.328 e. The number of carbonyl (C=O) groups is 1. The highest BCUT2D eigenvalue weighted by Crippen LogP contribution is 2.44. The number of rotatable bonds is 8. The molecule has 0 radical (unpaired) electrons. The molecule has 2 aliphatic rings. The van der Waals surface area contributed by atoms with Gasteiger partial charge in [-0.15, -0.1) is 0 Å². The van der Waals surface area contributed by atoms with Gasteiger partial charge in [-0.25, -0.2) is 14.8 Å². The van der Waals surface area contributed by atoms with Crippen LogP contribution in [-0.2, 0) is 17.9 Å². The van der Waals surface area contributed by atoms with Gasteiger partial charge in [-0.05, 0) is 61.7 Å². The van der Waals surface area contributed by atoms with Gasteiger partial charge in [0, 0.05) is 22.9 Å². The van der Waals surface area contributed by atoms with Crippen molar-refractivity contribution < 1.29 is 23.8 Å². The van der Waals surface area contributed by atoms with E-state index in [2.05, 4.69) is 20.9 Å². The van der Waals surface area contributed by atoms with Gasteiger partial charge in [0.05, 0.1) is 18.4 Å². The fourth-order valence-electron chi connectivity index (χ4n) is 5.34. The zero-order valence-corrected chi connectivity index (χ0v) is 22.5. The number of aliphatic carboxylic acids is 1. The Morgan fingerprint density at radius 2 is 1.95 bits per heavy atom. The first-order chi connectivity index (χ1) is 19.5. The Balaban J connectivity index is 1.12. The van der Waals surface area contributed by atoms with E-state index < -0.39 is 5.97 Å². The third-order valence-corrected chi connectivity index (χ3v) is 7.61. The van der Waals surface area contributed by atoms with Crippen LogP contribution in [0.2, 0.25) is 5.02 Å². The zero-order chi connectivity index (χ0) is 27.5. The van der Waals surface area contributed by atoms with Gasteiger partial charge < -0.3 is 23.6 Å². The van der Waals surface area contributed by atoms with Gasteiger partial charge in [0.25, 0.3) is 0 Å². The average molecular weight is 561 g/mol. The van der Waals surface area contributed by atoms with Crippen LogP contribution in [0.15, 0.2) is 71.6 Å². The molecule has 6 rings (SSSR count). The standard InChI is InChI=1S/C30H29ClN4O5/c31-22-6-4-21(5-7-22)26-19-39-30-24(2-1-3-25(30)40-26)20-10-13-34(14-11-20)17-27-33-23(8-9-29(36)37)16-35(27)18-28-32-12-15-38-28/h1-9,12,15-16,20,26H,10-11,13-14,17-19H2,(H,36,37)/t26-/m0/s1. The largest absolute Gasteiger partial charge is 0.485 e. The second-order valence-electron chi connectivity index (χ2n) is 10.0. The number of ether oxygens (including phenoxy) is 2. The fourth-order valence-corrected chi connectivity index (χ4v) is 5.47. The van der Waals surface area contributed by atoms with Crippen molar-refractivity contribution in [2.75, 3.05) is 19.7 Å². The number of imidazole rings is 1. The van der Waals surface area contributed by atoms with Crippen molar-refractivity contribution >= 4 is 23.6 Å². The Morgan fingerprint density at radius 3 is 2.70 bits per heavy atom. The van der Waals surface area contributed by atoms with Crippen molar-refractivity contribution in [2.45, 2.75) is 38.0 Å². The minimum absolute atomic E-state index is 0.169. The highest BCUT2D eigenvalue weighted by molar-refractivity contribution is 6.30. The van der Waals surface area contributed by atoms with Crippen molar-refractivity contribution in [2.24, 2.45) is 0 Å². The molecule has 0 saturated carbocycles. The summed E-state index contributed by atoms with van der Waals surface area (Å²) in [7, 11) is 0. The van der Waals surface area contributed by atoms with Crippen LogP contribution in [0.5, 0.6) is 11.5 Å². The van der Waals surface area contributed by atoms with Crippen LogP contribution >= 0.6 is 11.6 Å². The number of hydrogen-bond acceptors (Lipinski definition) is 7. The Bertz CT molecular complexity index is 1490. The average Bonchev–Trinajstić information content (AvgIpc) is 3.62. The third kappa shape index (κ3) is 5.90. The molecule has 2 aliphatic heterocycles. The first kappa shape index (κ1) is 26.2. The highest BCUT2D eigenvalue weighted by atomic mass is 35.5. The van der Waals surface area contributed by atoms with E-state index in [1.807, 2.05) is 47.2 Å². The molecule has 0 spiro atoms. The Labute approximate surface area is 236 Å². The molecule has 9 nitrogen and oxygen atoms in total. The summed E-state index contributed by atoms with van der Waals surface area (Å²) in [5.74, 6) is 2.39. The van der Waals surface area contributed by atoms with Crippen LogP contribution in [0.25, 0.3) is 6.08 Å². The summed E-state index contributed by atoms with van der Waals surface area (Å²) in [5.41, 5.74) is 2.82. The maximum absolute atomic E-state index is 11.0. The van der Waals surface area contributed by atoms with E-state index in [0.717, 1.165) is 54.9 Å². The molecular weight excluding hydrogens is 532 g/mol. The first-order valence-corrected chi connectivity index (χ1v) is 13.7. The maximum Gasteiger partial charge on any atom is 0.328 e. The quantitative estimate of drug-likeness (QED) is 0.279. The number of benzene rings is 2. The third-order valence-electron chi connectivity index (χ3n) is 7.36. The van der Waals surface area contributed by atoms with E-state index >= 15 is 0 Å². The zero-order valence-electron chi connectivity index (χ0n) is 21.8. The fraction of sp³-hybridized carbons (Fsp3) is 0.300. The Morgan fingerprint density at radius 1 is 1.12 bits per heavy atom. The lowest BCUT2D eigenvalue weighted by Gasteiger charge is -2.34. The molecule has 0 bridgehead atoms. The van der Waals surface area contributed by atoms with E-state index in [1.54, 1.807) is 6.20 Å². The predicted octanol–water partition coefficient (Wildman–Crippen LogP) is 5.56. The van der Waals surface area contributed by atoms with Gasteiger partial charge in [0.1, 0.15) is 25.2 Å². The normalized spacial score (nSPS) is 17.9. The van der Waals surface area contributed by atoms with Gasteiger partial charge in [-0.1, -0.05) is 35.9 Å². The number of aromatic nitrogens is 3. The summed E-state index contributed by atoms with van der Waals surface area (Å²) in [6.45, 7) is 3.32. The summed E-state index contributed by atoms with van der Waals surface area (Å²) >= 11 is 6.05. The minimum Gasteiger partial charge on any atom is -0.485 e. The molecule has 2 aromatic heterocycles. The lowest BCUT2D eigenvalue weighted by molar-refractivity contribution is -0.131. The van der Waals surface area contributed by atoms with E-state index in [9.17, 15) is 4.79 Å². The number of likely N-dealkylation sites (tertiary alicyclic amines) is 1. The first-order valence-electron chi connectivity index (χ1n) is 13.3. The predicted molar refractivity (Wildman–Crippen MR) is 149 cm³/mol. The molecule has 10 heteroatoms. The van der Waals surface area contributed by atoms with Crippen molar-refractivity contribution in [3.63, 3.8) is 0 Å². The molecular formula is C30H29ClN4O5. The van der Waals surface area contributed by atoms with Gasteiger partial charge in [-0.3, -0.25) is 4.90 Å². The second-order valence-corrected chi connectivity index (χ2v) is 10.4. The number of halogens is 1. The summed E-state index contributed by atoms with van der Waals surface area (Å²) in [6, 6.07) is 13.8. The van der Waals surface area contributed by atoms with E-state index in [1.165, 1.54) is 17.9 Å². The molecule has 1 atom stereocenters. The van der Waals surface area contributed by atoms with E-state index in [4.69, 9.17) is 30.6 Å². The molecule has 2 aromatic carbocycles. The van der Waals surface area contributed by atoms with Crippen LogP contribution in [0.4, 0.5) is 0 Å². The van der Waals surface area contributed by atoms with Gasteiger partial charge in [0.15, 0.2) is 17.6 Å². The maximum atomic E-state index is 11.0. The molecule has 0 unspecified atom stereocenters. The SMILES string of the molecule is O=C(O)C=Cc1cn(Cc2ncco2)c(CN2CCC(c3cccc4c3OC[C@@H](c3ccc(Cl)cc3)O4)CC2)n1. The molecule has 1 saturated heterocycles. The second kappa shape index (κ2) is 11.6. The number of nitrogens with zero attached hydrogens (tertiary/aromatic N) is 4. The molecule has 1 N–H and O–H groups in total. The topological polar surface area (TPSA) is 103 Å². The van der Waals surface area contributed by atoms with E-state index in [-0.39, 0.29) is 6.10 Å². The van der Waals surface area contributed by atoms with Gasteiger partial charge in [-0.2, -0.15) is 0 Å². The Hall–Kier alpha value is -4.08. The van der Waals surface area contributed by atoms with Gasteiger partial charge >= 0.3 is 5.97 Å². The number of carboxylic acids is 1. The highest BCUT2D eigenvalue weighted by Gasteiger charge is 2.29. The number of oxazole rings is 1. The molecule has 4 aromatic rings. The molecule has 4 heterocycles. The lowest BCUT2D eigenvalue weighted by Crippen LogP contribution is -2.33. The van der Waals surface area contributed by atoms with Crippen LogP contribution in [0.3, 0.4) is 0 Å². The number of piperidine rings is 1. The number of hydrogen-bond donors (Lipinski definition) is 1. The number of para-hydroxylation sites is 1. The summed E-state index contributed by atoms with van der Waals surface area (Å²) < 4.78 is 20.0. The van der Waals surface area contributed by atoms with Crippen LogP contribution in [0.1, 0.15) is 53.4 Å². The minimum atomic E-state index is -1.01. The van der Waals surface area contributed by atoms with Crippen molar-refractivity contribution in [1.82, 2.24) is 19.4 Å². The van der Waals surface area contributed by atoms with Gasteiger partial charge in [0.2, 0.25) is 5.89 Å². The summed E-state index contributed by atoms with van der Waals surface area (Å²) in [4.78, 5) is 22.3. The summed E-state index contributed by atoms with van der Waals surface area (Å²) in [5, 5.41) is 9.71. The number of carboxylic acid groups (broad SMARTS) is 1. The van der Waals surface area contributed by atoms with Crippen molar-refractivity contribution in [3.05, 3.63) is 101 Å². The monoisotopic (exact) mass is 560 g/mol.